The zero-order chi connectivity index (χ0) is 8.97. The quantitative estimate of drug-likeness (QED) is 0.516. The average molecular weight is 180 g/mol. The Morgan fingerprint density at radius 2 is 2.17 bits per heavy atom. The molecular formula is C9H12N2S. The highest BCUT2D eigenvalue weighted by atomic mass is 32.2. The lowest BCUT2D eigenvalue weighted by Crippen LogP contribution is -1.92. The van der Waals surface area contributed by atoms with Gasteiger partial charge in [0.25, 0.3) is 0 Å². The molecule has 0 aromatic carbocycles. The summed E-state index contributed by atoms with van der Waals surface area (Å²) in [6.45, 7) is 3.94. The third kappa shape index (κ3) is 2.34. The lowest BCUT2D eigenvalue weighted by molar-refractivity contribution is 0.988. The Morgan fingerprint density at radius 3 is 2.75 bits per heavy atom. The van der Waals surface area contributed by atoms with Crippen LogP contribution in [0.3, 0.4) is 0 Å². The molecule has 0 N–H and O–H groups in total. The van der Waals surface area contributed by atoms with Crippen molar-refractivity contribution >= 4 is 17.8 Å². The summed E-state index contributed by atoms with van der Waals surface area (Å²) in [5.74, 6) is 0.793. The van der Waals surface area contributed by atoms with E-state index in [1.165, 1.54) is 0 Å². The first kappa shape index (κ1) is 9.26. The van der Waals surface area contributed by atoms with Crippen molar-refractivity contribution in [3.63, 3.8) is 0 Å². The van der Waals surface area contributed by atoms with Gasteiger partial charge in [0.2, 0.25) is 0 Å². The Balaban J connectivity index is 3.06. The van der Waals surface area contributed by atoms with Crippen molar-refractivity contribution in [3.05, 3.63) is 23.7 Å². The summed E-state index contributed by atoms with van der Waals surface area (Å²) in [6.07, 6.45) is 5.87. The summed E-state index contributed by atoms with van der Waals surface area (Å²) < 4.78 is 0. The second kappa shape index (κ2) is 4.26. The molecule has 0 saturated carbocycles. The molecule has 2 nitrogen and oxygen atoms in total. The van der Waals surface area contributed by atoms with Crippen molar-refractivity contribution in [1.82, 2.24) is 9.97 Å². The lowest BCUT2D eigenvalue weighted by atomic mass is 10.4. The molecule has 0 aliphatic carbocycles. The van der Waals surface area contributed by atoms with Gasteiger partial charge in [-0.05, 0) is 32.2 Å². The maximum absolute atomic E-state index is 4.31. The molecule has 64 valence electrons. The Labute approximate surface area is 77.1 Å². The molecule has 1 aromatic rings. The smallest absolute Gasteiger partial charge is 0.153 e. The maximum Gasteiger partial charge on any atom is 0.153 e. The highest BCUT2D eigenvalue weighted by Crippen LogP contribution is 2.12. The van der Waals surface area contributed by atoms with Crippen LogP contribution < -0.4 is 0 Å². The van der Waals surface area contributed by atoms with E-state index >= 15 is 0 Å². The molecule has 0 saturated heterocycles. The monoisotopic (exact) mass is 180 g/mol. The van der Waals surface area contributed by atoms with Gasteiger partial charge < -0.3 is 0 Å². The maximum atomic E-state index is 4.31. The average Bonchev–Trinajstić information content (AvgIpc) is 2.04. The Hall–Kier alpha value is -0.830. The van der Waals surface area contributed by atoms with Crippen molar-refractivity contribution < 1.29 is 0 Å². The normalized spacial score (nSPS) is 10.9. The van der Waals surface area contributed by atoms with Gasteiger partial charge in [-0.3, -0.25) is 0 Å². The van der Waals surface area contributed by atoms with Gasteiger partial charge in [-0.25, -0.2) is 9.97 Å². The minimum absolute atomic E-state index is 0.793. The number of nitrogens with zero attached hydrogens (tertiary/aromatic N) is 2. The minimum Gasteiger partial charge on any atom is -0.234 e. The molecule has 0 aliphatic rings. The summed E-state index contributed by atoms with van der Waals surface area (Å²) in [5, 5.41) is 1.02. The van der Waals surface area contributed by atoms with Crippen LogP contribution >= 0.6 is 11.8 Å². The van der Waals surface area contributed by atoms with Crippen LogP contribution in [0.2, 0.25) is 0 Å². The fourth-order valence-corrected chi connectivity index (χ4v) is 1.36. The van der Waals surface area contributed by atoms with E-state index < -0.39 is 0 Å². The van der Waals surface area contributed by atoms with Crippen LogP contribution in [0.4, 0.5) is 0 Å². The van der Waals surface area contributed by atoms with E-state index in [-0.39, 0.29) is 0 Å². The fourth-order valence-electron chi connectivity index (χ4n) is 0.890. The molecule has 0 radical (unpaired) electrons. The number of rotatable bonds is 2. The summed E-state index contributed by atoms with van der Waals surface area (Å²) in [5.41, 5.74) is 1.02. The van der Waals surface area contributed by atoms with Gasteiger partial charge in [0.15, 0.2) is 5.82 Å². The molecule has 1 aromatic heterocycles. The van der Waals surface area contributed by atoms with Crippen LogP contribution in [0.1, 0.15) is 18.4 Å². The van der Waals surface area contributed by atoms with E-state index in [1.807, 2.05) is 38.3 Å². The third-order valence-corrected chi connectivity index (χ3v) is 2.00. The van der Waals surface area contributed by atoms with Gasteiger partial charge in [-0.15, -0.1) is 11.8 Å². The van der Waals surface area contributed by atoms with Crippen LogP contribution in [-0.4, -0.2) is 16.2 Å². The zero-order valence-electron chi connectivity index (χ0n) is 7.53. The predicted octanol–water partition coefficient (Wildman–Crippen LogP) is 2.54. The highest BCUT2D eigenvalue weighted by Gasteiger charge is 1.96. The molecule has 0 atom stereocenters. The van der Waals surface area contributed by atoms with Crippen molar-refractivity contribution in [2.24, 2.45) is 0 Å². The molecule has 12 heavy (non-hydrogen) atoms. The van der Waals surface area contributed by atoms with Gasteiger partial charge in [-0.1, -0.05) is 6.08 Å². The number of hydrogen-bond acceptors (Lipinski definition) is 3. The van der Waals surface area contributed by atoms with E-state index in [0.717, 1.165) is 16.5 Å². The largest absolute Gasteiger partial charge is 0.234 e. The van der Waals surface area contributed by atoms with Crippen LogP contribution in [0, 0.1) is 6.92 Å². The van der Waals surface area contributed by atoms with Crippen LogP contribution in [0.15, 0.2) is 17.2 Å². The van der Waals surface area contributed by atoms with E-state index in [0.29, 0.717) is 0 Å². The molecule has 0 bridgehead atoms. The van der Waals surface area contributed by atoms with E-state index in [1.54, 1.807) is 11.8 Å². The third-order valence-electron chi connectivity index (χ3n) is 1.37. The highest BCUT2D eigenvalue weighted by molar-refractivity contribution is 7.98. The molecule has 0 unspecified atom stereocenters. The number of allylic oxidation sites excluding steroid dienone is 1. The van der Waals surface area contributed by atoms with E-state index in [2.05, 4.69) is 9.97 Å². The molecule has 0 fully saturated rings. The van der Waals surface area contributed by atoms with Gasteiger partial charge in [0.1, 0.15) is 5.03 Å². The minimum atomic E-state index is 0.793. The zero-order valence-corrected chi connectivity index (χ0v) is 8.35. The first-order chi connectivity index (χ1) is 5.76. The summed E-state index contributed by atoms with van der Waals surface area (Å²) in [7, 11) is 0. The van der Waals surface area contributed by atoms with Gasteiger partial charge >= 0.3 is 0 Å². The molecule has 0 aliphatic heterocycles. The fraction of sp³-hybridized carbons (Fsp3) is 0.333. The van der Waals surface area contributed by atoms with Crippen LogP contribution in [-0.2, 0) is 0 Å². The molecule has 3 heteroatoms. The Kier molecular flexibility index (Phi) is 3.29. The first-order valence-electron chi connectivity index (χ1n) is 3.78. The molecule has 0 amide bonds. The summed E-state index contributed by atoms with van der Waals surface area (Å²) >= 11 is 1.64. The van der Waals surface area contributed by atoms with Crippen molar-refractivity contribution in [1.29, 1.82) is 0 Å². The number of hydrogen-bond donors (Lipinski definition) is 0. The summed E-state index contributed by atoms with van der Waals surface area (Å²) in [6, 6.07) is 1.98. The van der Waals surface area contributed by atoms with Crippen molar-refractivity contribution in [2.45, 2.75) is 18.9 Å². The van der Waals surface area contributed by atoms with Gasteiger partial charge in [-0.2, -0.15) is 0 Å². The SMILES string of the molecule is C/C=C/c1nc(C)cc(SC)n1. The predicted molar refractivity (Wildman–Crippen MR) is 53.3 cm³/mol. The van der Waals surface area contributed by atoms with Crippen molar-refractivity contribution in [3.8, 4) is 0 Å². The van der Waals surface area contributed by atoms with E-state index in [4.69, 9.17) is 0 Å². The molecular weight excluding hydrogens is 168 g/mol. The van der Waals surface area contributed by atoms with E-state index in [9.17, 15) is 0 Å². The first-order valence-corrected chi connectivity index (χ1v) is 5.01. The standard InChI is InChI=1S/C9H12N2S/c1-4-5-8-10-7(2)6-9(11-8)12-3/h4-6H,1-3H3/b5-4+. The van der Waals surface area contributed by atoms with Gasteiger partial charge in [0.05, 0.1) is 0 Å². The lowest BCUT2D eigenvalue weighted by Gasteiger charge is -1.99. The summed E-state index contributed by atoms with van der Waals surface area (Å²) in [4.78, 5) is 8.57. The Morgan fingerprint density at radius 1 is 1.42 bits per heavy atom. The molecule has 1 heterocycles. The second-order valence-corrected chi connectivity index (χ2v) is 3.24. The van der Waals surface area contributed by atoms with Crippen LogP contribution in [0.25, 0.3) is 6.08 Å². The topological polar surface area (TPSA) is 25.8 Å². The number of aryl methyl sites for hydroxylation is 1. The van der Waals surface area contributed by atoms with Gasteiger partial charge in [0, 0.05) is 5.69 Å². The number of thioether (sulfide) groups is 1. The number of aromatic nitrogens is 2. The molecule has 0 spiro atoms. The Bertz CT molecular complexity index is 295. The molecule has 1 rings (SSSR count). The van der Waals surface area contributed by atoms with Crippen molar-refractivity contribution in [2.75, 3.05) is 6.26 Å². The second-order valence-electron chi connectivity index (χ2n) is 2.41. The van der Waals surface area contributed by atoms with Crippen LogP contribution in [0.5, 0.6) is 0 Å².